The molecular formula is C28H36F3N5. The molecule has 0 bridgehead atoms. The molecule has 0 aromatic carbocycles. The van der Waals surface area contributed by atoms with Crippen molar-refractivity contribution in [2.75, 3.05) is 26.2 Å². The lowest BCUT2D eigenvalue weighted by atomic mass is 10.0. The Morgan fingerprint density at radius 1 is 1.28 bits per heavy atom. The minimum absolute atomic E-state index is 0.110. The molecule has 2 aliphatic carbocycles. The topological polar surface area (TPSA) is 47.5 Å². The number of fused-ring (bicyclic) bond motifs is 1. The normalized spacial score (nSPS) is 21.3. The van der Waals surface area contributed by atoms with Crippen molar-refractivity contribution in [3.8, 4) is 12.3 Å². The van der Waals surface area contributed by atoms with Crippen LogP contribution < -0.4 is 10.7 Å². The number of aromatic amines is 1. The molecule has 8 heteroatoms. The first-order chi connectivity index (χ1) is 17.3. The summed E-state index contributed by atoms with van der Waals surface area (Å²) < 4.78 is 39.4. The van der Waals surface area contributed by atoms with Crippen LogP contribution in [0.2, 0.25) is 0 Å². The fourth-order valence-electron chi connectivity index (χ4n) is 4.44. The van der Waals surface area contributed by atoms with Gasteiger partial charge in [-0.05, 0) is 45.3 Å². The van der Waals surface area contributed by atoms with Crippen LogP contribution in [0, 0.1) is 24.2 Å². The summed E-state index contributed by atoms with van der Waals surface area (Å²) in [4.78, 5) is 16.9. The van der Waals surface area contributed by atoms with E-state index in [1.54, 1.807) is 6.20 Å². The van der Waals surface area contributed by atoms with Gasteiger partial charge in [0.25, 0.3) is 0 Å². The second-order valence-corrected chi connectivity index (χ2v) is 8.89. The zero-order chi connectivity index (χ0) is 26.3. The number of nitrogens with zero attached hydrogens (tertiary/aromatic N) is 4. The number of aliphatic imine (C=N–C) groups is 1. The van der Waals surface area contributed by atoms with Gasteiger partial charge in [0, 0.05) is 49.6 Å². The van der Waals surface area contributed by atoms with Crippen molar-refractivity contribution in [2.24, 2.45) is 16.8 Å². The van der Waals surface area contributed by atoms with E-state index >= 15 is 0 Å². The predicted octanol–water partition coefficient (Wildman–Crippen LogP) is 4.46. The number of imidazole rings is 1. The average molecular weight is 500 g/mol. The van der Waals surface area contributed by atoms with Gasteiger partial charge in [-0.25, -0.2) is 9.98 Å². The average Bonchev–Trinajstić information content (AvgIpc) is 3.33. The van der Waals surface area contributed by atoms with Crippen LogP contribution >= 0.6 is 0 Å². The Hall–Kier alpha value is -3.21. The zero-order valence-corrected chi connectivity index (χ0v) is 21.6. The molecule has 1 fully saturated rings. The van der Waals surface area contributed by atoms with Gasteiger partial charge in [0.1, 0.15) is 11.7 Å². The maximum atomic E-state index is 13.1. The number of allylic oxidation sites excluding steroid dienone is 5. The van der Waals surface area contributed by atoms with E-state index in [9.17, 15) is 13.2 Å². The smallest absolute Gasteiger partial charge is 0.371 e. The van der Waals surface area contributed by atoms with Crippen LogP contribution in [-0.2, 0) is 0 Å². The van der Waals surface area contributed by atoms with Crippen molar-refractivity contribution in [2.45, 2.75) is 53.1 Å². The molecule has 2 unspecified atom stereocenters. The van der Waals surface area contributed by atoms with E-state index in [-0.39, 0.29) is 12.3 Å². The molecule has 1 aromatic rings. The first-order valence-electron chi connectivity index (χ1n) is 12.7. The predicted molar refractivity (Wildman–Crippen MR) is 141 cm³/mol. The van der Waals surface area contributed by atoms with E-state index in [0.717, 1.165) is 44.9 Å². The Kier molecular flexibility index (Phi) is 9.25. The maximum absolute atomic E-state index is 13.1. The van der Waals surface area contributed by atoms with Crippen molar-refractivity contribution < 1.29 is 13.2 Å². The van der Waals surface area contributed by atoms with Crippen LogP contribution in [0.25, 0.3) is 17.7 Å². The number of piperazine rings is 1. The van der Waals surface area contributed by atoms with Crippen molar-refractivity contribution in [1.29, 1.82) is 0 Å². The van der Waals surface area contributed by atoms with Crippen molar-refractivity contribution in [1.82, 2.24) is 19.8 Å². The summed E-state index contributed by atoms with van der Waals surface area (Å²) >= 11 is 0. The molecule has 0 radical (unpaired) electrons. The molecule has 0 amide bonds. The number of rotatable bonds is 4. The molecule has 0 saturated carbocycles. The van der Waals surface area contributed by atoms with Crippen LogP contribution in [0.5, 0.6) is 0 Å². The molecule has 4 rings (SSSR count). The Morgan fingerprint density at radius 3 is 2.61 bits per heavy atom. The number of alkyl halides is 3. The standard InChI is InChI=1S/C26H30F3N5.C2H6/c1-4-18(2)22(25-31-23-11-10-20(26(27,28)29)16-24(23)32-25)17-30-19(3)33-12-14-34(15-13-33)21-8-6-5-7-9-21;1-2/h1,5-6,8,11,16-18,20H,7,9-10,12-15H2,2-3H3,(H,31,32);1-2H3/b22-17+,30-19?;. The van der Waals surface area contributed by atoms with Gasteiger partial charge in [-0.3, -0.25) is 0 Å². The summed E-state index contributed by atoms with van der Waals surface area (Å²) in [6, 6.07) is 0. The van der Waals surface area contributed by atoms with Crippen LogP contribution in [0.15, 0.2) is 35.1 Å². The second-order valence-electron chi connectivity index (χ2n) is 8.89. The van der Waals surface area contributed by atoms with Crippen molar-refractivity contribution >= 4 is 23.6 Å². The molecule has 2 heterocycles. The summed E-state index contributed by atoms with van der Waals surface area (Å²) in [5.41, 5.74) is 2.07. The fourth-order valence-corrected chi connectivity index (χ4v) is 4.44. The molecule has 1 aromatic heterocycles. The monoisotopic (exact) mass is 499 g/mol. The molecular weight excluding hydrogens is 463 g/mol. The van der Waals surface area contributed by atoms with Gasteiger partial charge in [0.15, 0.2) is 0 Å². The van der Waals surface area contributed by atoms with Gasteiger partial charge in [0.2, 0.25) is 0 Å². The maximum Gasteiger partial charge on any atom is 0.395 e. The van der Waals surface area contributed by atoms with E-state index in [1.807, 2.05) is 27.7 Å². The quantitative estimate of drug-likeness (QED) is 0.378. The highest BCUT2D eigenvalue weighted by atomic mass is 19.4. The third kappa shape index (κ3) is 6.51. The molecule has 0 spiro atoms. The van der Waals surface area contributed by atoms with E-state index in [1.165, 1.54) is 17.8 Å². The molecule has 36 heavy (non-hydrogen) atoms. The van der Waals surface area contributed by atoms with Gasteiger partial charge in [-0.2, -0.15) is 13.2 Å². The van der Waals surface area contributed by atoms with E-state index in [0.29, 0.717) is 22.1 Å². The molecule has 3 aliphatic rings. The highest BCUT2D eigenvalue weighted by Gasteiger charge is 2.38. The van der Waals surface area contributed by atoms with Gasteiger partial charge < -0.3 is 14.8 Å². The molecule has 194 valence electrons. The van der Waals surface area contributed by atoms with Crippen LogP contribution in [0.4, 0.5) is 13.2 Å². The van der Waals surface area contributed by atoms with Gasteiger partial charge in [-0.1, -0.05) is 38.0 Å². The minimum atomic E-state index is -4.28. The summed E-state index contributed by atoms with van der Waals surface area (Å²) in [5, 5.41) is 0.900. The van der Waals surface area contributed by atoms with E-state index in [4.69, 9.17) is 6.42 Å². The molecule has 1 aliphatic heterocycles. The SMILES string of the molecule is C#CC(C)/C(=C\N=C(C)N1CCN(C2=CC=CCC2)CC1)c1nc2c([nH]1)=CC(C(F)(F)F)CC=2.CC. The summed E-state index contributed by atoms with van der Waals surface area (Å²) in [7, 11) is 0. The van der Waals surface area contributed by atoms with Gasteiger partial charge >= 0.3 is 6.18 Å². The Balaban J connectivity index is 0.00000176. The van der Waals surface area contributed by atoms with Crippen molar-refractivity contribution in [3.63, 3.8) is 0 Å². The van der Waals surface area contributed by atoms with Gasteiger partial charge in [-0.15, -0.1) is 6.42 Å². The number of terminal acetylenes is 1. The number of hydrogen-bond donors (Lipinski definition) is 1. The van der Waals surface area contributed by atoms with Crippen LogP contribution in [0.1, 0.15) is 52.8 Å². The molecule has 5 nitrogen and oxygen atoms in total. The van der Waals surface area contributed by atoms with Crippen LogP contribution in [0.3, 0.4) is 0 Å². The first-order valence-corrected chi connectivity index (χ1v) is 12.7. The first kappa shape index (κ1) is 27.4. The fraction of sp³-hybridized carbons (Fsp3) is 0.500. The lowest BCUT2D eigenvalue weighted by molar-refractivity contribution is -0.155. The largest absolute Gasteiger partial charge is 0.395 e. The third-order valence-electron chi connectivity index (χ3n) is 6.63. The number of nitrogens with one attached hydrogen (secondary N) is 1. The highest BCUT2D eigenvalue weighted by Crippen LogP contribution is 2.31. The Morgan fingerprint density at radius 2 is 2.00 bits per heavy atom. The summed E-state index contributed by atoms with van der Waals surface area (Å²) in [6.07, 6.45) is 14.4. The van der Waals surface area contributed by atoms with Gasteiger partial charge in [0.05, 0.1) is 16.6 Å². The lowest BCUT2D eigenvalue weighted by Crippen LogP contribution is -2.47. The number of hydrogen-bond acceptors (Lipinski definition) is 3. The summed E-state index contributed by atoms with van der Waals surface area (Å²) in [5.74, 6) is 2.23. The lowest BCUT2D eigenvalue weighted by Gasteiger charge is -2.38. The van der Waals surface area contributed by atoms with Crippen LogP contribution in [-0.4, -0.2) is 58.0 Å². The number of amidine groups is 1. The number of aromatic nitrogens is 2. The number of halogens is 3. The molecule has 1 N–H and O–H groups in total. The Labute approximate surface area is 211 Å². The molecule has 1 saturated heterocycles. The number of H-pyrrole nitrogens is 1. The minimum Gasteiger partial charge on any atom is -0.371 e. The Bertz CT molecular complexity index is 1190. The zero-order valence-electron chi connectivity index (χ0n) is 21.6. The summed E-state index contributed by atoms with van der Waals surface area (Å²) in [6.45, 7) is 11.5. The van der Waals surface area contributed by atoms with E-state index < -0.39 is 12.1 Å². The second kappa shape index (κ2) is 12.2. The van der Waals surface area contributed by atoms with E-state index in [2.05, 4.69) is 48.9 Å². The van der Waals surface area contributed by atoms with Crippen molar-refractivity contribution in [3.05, 3.63) is 46.6 Å². The molecule has 2 atom stereocenters. The third-order valence-corrected chi connectivity index (χ3v) is 6.63. The highest BCUT2D eigenvalue weighted by molar-refractivity contribution is 5.81.